The predicted molar refractivity (Wildman–Crippen MR) is 115 cm³/mol. The van der Waals surface area contributed by atoms with Crippen LogP contribution in [0.1, 0.15) is 63.4 Å². The maximum Gasteiger partial charge on any atom is 0.257 e. The van der Waals surface area contributed by atoms with Crippen LogP contribution in [0.5, 0.6) is 0 Å². The van der Waals surface area contributed by atoms with E-state index in [1.165, 1.54) is 0 Å². The van der Waals surface area contributed by atoms with Gasteiger partial charge < -0.3 is 9.08 Å². The molecule has 2 aromatic carbocycles. The molecule has 2 atom stereocenters. The first-order valence-electron chi connectivity index (χ1n) is 10.4. The normalized spacial score (nSPS) is 18.8. The van der Waals surface area contributed by atoms with E-state index in [-0.39, 0.29) is 17.5 Å². The van der Waals surface area contributed by atoms with Crippen LogP contribution < -0.4 is 0 Å². The second kappa shape index (κ2) is 8.16. The molecule has 2 unspecified atom stereocenters. The summed E-state index contributed by atoms with van der Waals surface area (Å²) in [7, 11) is 0. The Labute approximate surface area is 186 Å². The highest BCUT2D eigenvalue weighted by molar-refractivity contribution is 7.79. The van der Waals surface area contributed by atoms with Gasteiger partial charge in [-0.25, -0.2) is 0 Å². The fourth-order valence-electron chi connectivity index (χ4n) is 4.39. The smallest absolute Gasteiger partial charge is 0.257 e. The average Bonchev–Trinajstić information content (AvgIpc) is 3.32. The summed E-state index contributed by atoms with van der Waals surface area (Å²) >= 11 is -2.13. The van der Waals surface area contributed by atoms with Crippen molar-refractivity contribution in [1.29, 1.82) is 0 Å². The topological polar surface area (TPSA) is 116 Å². The highest BCUT2D eigenvalue weighted by atomic mass is 32.2. The maximum atomic E-state index is 13.0. The predicted octanol–water partition coefficient (Wildman–Crippen LogP) is 2.92. The molecule has 2 heterocycles. The fraction of sp³-hybridized carbons (Fsp3) is 0.304. The quantitative estimate of drug-likeness (QED) is 0.436. The van der Waals surface area contributed by atoms with Crippen molar-refractivity contribution < 1.29 is 22.9 Å². The van der Waals surface area contributed by atoms with Crippen LogP contribution >= 0.6 is 0 Å². The number of fused-ring (bicyclic) bond motifs is 2. The van der Waals surface area contributed by atoms with E-state index in [0.29, 0.717) is 52.6 Å². The van der Waals surface area contributed by atoms with Crippen LogP contribution in [-0.2, 0) is 11.1 Å². The Morgan fingerprint density at radius 3 is 2.31 bits per heavy atom. The zero-order chi connectivity index (χ0) is 22.4. The van der Waals surface area contributed by atoms with Crippen LogP contribution in [0.25, 0.3) is 11.5 Å². The molecule has 0 amide bonds. The van der Waals surface area contributed by atoms with E-state index in [9.17, 15) is 18.4 Å². The van der Waals surface area contributed by atoms with Gasteiger partial charge >= 0.3 is 0 Å². The number of ketones is 2. The number of hydrogen-bond donors (Lipinski definition) is 0. The van der Waals surface area contributed by atoms with Crippen molar-refractivity contribution in [2.75, 3.05) is 13.1 Å². The number of hydrogen-bond acceptors (Lipinski definition) is 8. The first-order chi connectivity index (χ1) is 15.4. The molecule has 0 bridgehead atoms. The molecular formula is C23H20N3O5S-. The van der Waals surface area contributed by atoms with Gasteiger partial charge in [0.15, 0.2) is 17.4 Å². The average molecular weight is 450 g/mol. The molecule has 1 aliphatic heterocycles. The van der Waals surface area contributed by atoms with Gasteiger partial charge in [0.25, 0.3) is 5.89 Å². The molecule has 1 saturated heterocycles. The van der Waals surface area contributed by atoms with Gasteiger partial charge in [-0.05, 0) is 62.1 Å². The third-order valence-electron chi connectivity index (χ3n) is 6.30. The second-order valence-corrected chi connectivity index (χ2v) is 9.30. The number of benzene rings is 2. The van der Waals surface area contributed by atoms with Gasteiger partial charge in [-0.15, -0.1) is 0 Å². The molecule has 5 rings (SSSR count). The monoisotopic (exact) mass is 450 g/mol. The van der Waals surface area contributed by atoms with E-state index in [0.717, 1.165) is 12.8 Å². The van der Waals surface area contributed by atoms with Crippen LogP contribution in [0.2, 0.25) is 0 Å². The second-order valence-electron chi connectivity index (χ2n) is 8.09. The van der Waals surface area contributed by atoms with Gasteiger partial charge in [-0.3, -0.25) is 18.7 Å². The third-order valence-corrected chi connectivity index (χ3v) is 7.16. The third kappa shape index (κ3) is 3.52. The molecule has 1 aliphatic carbocycles. The lowest BCUT2D eigenvalue weighted by Crippen LogP contribution is -2.41. The summed E-state index contributed by atoms with van der Waals surface area (Å²) in [6, 6.07) is 11.8. The fourth-order valence-corrected chi connectivity index (χ4v) is 4.85. The Bertz CT molecular complexity index is 1250. The van der Waals surface area contributed by atoms with Crippen molar-refractivity contribution in [1.82, 2.24) is 15.0 Å². The molecule has 32 heavy (non-hydrogen) atoms. The van der Waals surface area contributed by atoms with Gasteiger partial charge in [0.2, 0.25) is 0 Å². The van der Waals surface area contributed by atoms with Crippen molar-refractivity contribution in [3.8, 4) is 11.5 Å². The van der Waals surface area contributed by atoms with E-state index in [4.69, 9.17) is 4.52 Å². The lowest BCUT2D eigenvalue weighted by atomic mass is 9.83. The molecular weight excluding hydrogens is 430 g/mol. The lowest BCUT2D eigenvalue weighted by Gasteiger charge is -2.35. The molecule has 1 fully saturated rings. The number of nitrogens with zero attached hydrogens (tertiary/aromatic N) is 3. The number of rotatable bonds is 4. The van der Waals surface area contributed by atoms with Gasteiger partial charge in [0.1, 0.15) is 0 Å². The summed E-state index contributed by atoms with van der Waals surface area (Å²) in [6.07, 6.45) is 1.46. The van der Waals surface area contributed by atoms with Crippen molar-refractivity contribution in [2.24, 2.45) is 0 Å². The summed E-state index contributed by atoms with van der Waals surface area (Å²) < 4.78 is 27.9. The Kier molecular flexibility index (Phi) is 5.32. The number of likely N-dealkylation sites (tertiary alicyclic amines) is 1. The number of aromatic nitrogens is 2. The van der Waals surface area contributed by atoms with Gasteiger partial charge in [-0.2, -0.15) is 4.98 Å². The van der Waals surface area contributed by atoms with Crippen LogP contribution in [0.4, 0.5) is 0 Å². The lowest BCUT2D eigenvalue weighted by molar-refractivity contribution is 0.0979. The van der Waals surface area contributed by atoms with Crippen LogP contribution in [0.3, 0.4) is 0 Å². The van der Waals surface area contributed by atoms with Crippen LogP contribution in [-0.4, -0.2) is 53.8 Å². The summed E-state index contributed by atoms with van der Waals surface area (Å²) in [5.74, 6) is 0.560. The molecule has 0 saturated carbocycles. The van der Waals surface area contributed by atoms with Crippen LogP contribution in [0, 0.1) is 0 Å². The molecule has 1 aromatic heterocycles. The highest BCUT2D eigenvalue weighted by Gasteiger charge is 2.31. The van der Waals surface area contributed by atoms with Gasteiger partial charge in [0, 0.05) is 33.7 Å². The molecule has 2 aliphatic rings. The molecule has 164 valence electrons. The van der Waals surface area contributed by atoms with Crippen molar-refractivity contribution in [2.45, 2.75) is 31.1 Å². The molecule has 0 spiro atoms. The zero-order valence-electron chi connectivity index (χ0n) is 17.3. The molecule has 9 heteroatoms. The van der Waals surface area contributed by atoms with Crippen LogP contribution in [0.15, 0.2) is 47.0 Å². The Morgan fingerprint density at radius 2 is 1.66 bits per heavy atom. The summed E-state index contributed by atoms with van der Waals surface area (Å²) in [4.78, 5) is 32.2. The summed E-state index contributed by atoms with van der Waals surface area (Å²) in [5, 5.41) is 3.61. The van der Waals surface area contributed by atoms with E-state index in [2.05, 4.69) is 10.1 Å². The summed E-state index contributed by atoms with van der Waals surface area (Å²) in [6.45, 7) is 2.95. The van der Waals surface area contributed by atoms with E-state index in [1.54, 1.807) is 49.4 Å². The number of carbonyl (C=O) groups is 2. The Balaban J connectivity index is 1.37. The van der Waals surface area contributed by atoms with Crippen molar-refractivity contribution >= 4 is 22.6 Å². The zero-order valence-corrected chi connectivity index (χ0v) is 18.1. The minimum Gasteiger partial charge on any atom is -0.771 e. The molecule has 8 nitrogen and oxygen atoms in total. The standard InChI is InChI=1S/C23H21N3O5S/c1-13(32(29)30)26-10-8-14(9-11-26)22-24-23(31-25-22)15-6-7-18-19(12-15)21(28)17-5-3-2-4-16(17)20(18)27/h2-7,12-14H,8-11H2,1H3,(H,29,30)/p-1. The minimum atomic E-state index is -2.13. The first kappa shape index (κ1) is 20.9. The number of carbonyl (C=O) groups excluding carboxylic acids is 2. The van der Waals surface area contributed by atoms with Gasteiger partial charge in [0.05, 0.1) is 5.37 Å². The molecule has 3 aromatic rings. The largest absolute Gasteiger partial charge is 0.771 e. The molecule has 0 radical (unpaired) electrons. The van der Waals surface area contributed by atoms with Crippen molar-refractivity contribution in [3.63, 3.8) is 0 Å². The van der Waals surface area contributed by atoms with E-state index >= 15 is 0 Å². The first-order valence-corrected chi connectivity index (χ1v) is 11.6. The Morgan fingerprint density at radius 1 is 1.03 bits per heavy atom. The van der Waals surface area contributed by atoms with Crippen molar-refractivity contribution in [3.05, 3.63) is 70.5 Å². The SMILES string of the molecule is CC(N1CCC(c2noc(-c3ccc4c(c3)C(=O)c3ccccc3C4=O)n2)CC1)S(=O)[O-]. The van der Waals surface area contributed by atoms with E-state index in [1.807, 2.05) is 4.90 Å². The van der Waals surface area contributed by atoms with E-state index < -0.39 is 16.5 Å². The summed E-state index contributed by atoms with van der Waals surface area (Å²) in [5.41, 5.74) is 2.09. The maximum absolute atomic E-state index is 13.0. The highest BCUT2D eigenvalue weighted by Crippen LogP contribution is 2.32. The van der Waals surface area contributed by atoms with Gasteiger partial charge in [-0.1, -0.05) is 29.4 Å². The molecule has 0 N–H and O–H groups in total. The minimum absolute atomic E-state index is 0.0729. The Hall–Kier alpha value is -3.01. The number of piperidine rings is 1.